The highest BCUT2D eigenvalue weighted by Gasteiger charge is 2.51. The summed E-state index contributed by atoms with van der Waals surface area (Å²) in [4.78, 5) is 33.8. The Kier molecular flexibility index (Phi) is 6.72. The number of methoxy groups -OCH3 is 1. The van der Waals surface area contributed by atoms with Gasteiger partial charge in [-0.15, -0.1) is 0 Å². The van der Waals surface area contributed by atoms with Gasteiger partial charge in [-0.05, 0) is 0 Å². The Morgan fingerprint density at radius 1 is 0.909 bits per heavy atom. The molecule has 1 N–H and O–H groups in total. The minimum Gasteiger partial charge on any atom is -0.456 e. The summed E-state index contributed by atoms with van der Waals surface area (Å²) in [6.45, 7) is 2.96. The molecule has 0 unspecified atom stereocenters. The monoisotopic (exact) mass is 320 g/mol. The second-order valence-corrected chi connectivity index (χ2v) is 4.68. The molecule has 0 radical (unpaired) electrons. The van der Waals surface area contributed by atoms with Crippen molar-refractivity contribution in [1.82, 2.24) is 0 Å². The molecule has 1 rings (SSSR count). The molecule has 1 saturated heterocycles. The molecular formula is C13H20O9. The summed E-state index contributed by atoms with van der Waals surface area (Å²) in [5.74, 6) is -1.99. The molecular weight excluding hydrogens is 300 g/mol. The van der Waals surface area contributed by atoms with Crippen LogP contribution >= 0.6 is 0 Å². The fraction of sp³-hybridized carbons (Fsp3) is 0.769. The van der Waals surface area contributed by atoms with Gasteiger partial charge in [0.15, 0.2) is 24.6 Å². The molecule has 1 aliphatic rings. The van der Waals surface area contributed by atoms with E-state index in [1.165, 1.54) is 7.11 Å². The van der Waals surface area contributed by atoms with E-state index in [0.29, 0.717) is 0 Å². The molecule has 0 aliphatic carbocycles. The fourth-order valence-electron chi connectivity index (χ4n) is 2.19. The zero-order valence-electron chi connectivity index (χ0n) is 12.8. The quantitative estimate of drug-likeness (QED) is 0.510. The van der Waals surface area contributed by atoms with E-state index in [9.17, 15) is 19.5 Å². The van der Waals surface area contributed by atoms with Crippen molar-refractivity contribution in [3.8, 4) is 0 Å². The first-order valence-corrected chi connectivity index (χ1v) is 6.61. The number of carbonyl (C=O) groups is 3. The van der Waals surface area contributed by atoms with E-state index in [0.717, 1.165) is 20.8 Å². The second-order valence-electron chi connectivity index (χ2n) is 4.68. The molecule has 5 atom stereocenters. The van der Waals surface area contributed by atoms with Crippen molar-refractivity contribution in [2.24, 2.45) is 0 Å². The minimum absolute atomic E-state index is 0.512. The van der Waals surface area contributed by atoms with Gasteiger partial charge in [0.05, 0.1) is 6.61 Å². The minimum atomic E-state index is -1.17. The topological polar surface area (TPSA) is 118 Å². The molecule has 126 valence electrons. The van der Waals surface area contributed by atoms with Crippen LogP contribution in [0.25, 0.3) is 0 Å². The summed E-state index contributed by atoms with van der Waals surface area (Å²) < 4.78 is 25.7. The van der Waals surface area contributed by atoms with Gasteiger partial charge in [-0.1, -0.05) is 0 Å². The highest BCUT2D eigenvalue weighted by Crippen LogP contribution is 2.28. The molecule has 0 bridgehead atoms. The van der Waals surface area contributed by atoms with Crippen molar-refractivity contribution in [3.63, 3.8) is 0 Å². The molecule has 0 spiro atoms. The molecule has 0 aromatic rings. The zero-order valence-corrected chi connectivity index (χ0v) is 12.8. The standard InChI is InChI=1S/C13H20O9/c1-6(15)19-10-9(5-14)22-13(18-4)12(21-8(3)17)11(10)20-7(2)16/h9-14H,5H2,1-4H3/t9-,10+,11+,12+,13-/m0/s1. The number of ether oxygens (including phenoxy) is 5. The lowest BCUT2D eigenvalue weighted by Gasteiger charge is -2.43. The number of rotatable bonds is 5. The van der Waals surface area contributed by atoms with Crippen LogP contribution in [0.2, 0.25) is 0 Å². The summed E-state index contributed by atoms with van der Waals surface area (Å²) in [5, 5.41) is 9.39. The SMILES string of the molecule is CO[C@H]1O[C@@H](CO)[C@@H](OC(C)=O)[C@@H](OC(C)=O)[C@H]1OC(C)=O. The number of hydrogen-bond acceptors (Lipinski definition) is 9. The summed E-state index contributed by atoms with van der Waals surface area (Å²) in [6, 6.07) is 0. The number of aliphatic hydroxyl groups excluding tert-OH is 1. The third-order valence-corrected chi connectivity index (χ3v) is 2.91. The smallest absolute Gasteiger partial charge is 0.303 e. The maximum Gasteiger partial charge on any atom is 0.303 e. The molecule has 9 nitrogen and oxygen atoms in total. The lowest BCUT2D eigenvalue weighted by Crippen LogP contribution is -2.62. The van der Waals surface area contributed by atoms with E-state index in [1.54, 1.807) is 0 Å². The third-order valence-electron chi connectivity index (χ3n) is 2.91. The van der Waals surface area contributed by atoms with E-state index in [1.807, 2.05) is 0 Å². The van der Waals surface area contributed by atoms with Crippen LogP contribution < -0.4 is 0 Å². The zero-order chi connectivity index (χ0) is 16.9. The van der Waals surface area contributed by atoms with Crippen LogP contribution in [0.15, 0.2) is 0 Å². The van der Waals surface area contributed by atoms with Crippen molar-refractivity contribution in [2.75, 3.05) is 13.7 Å². The summed E-state index contributed by atoms with van der Waals surface area (Å²) in [5.41, 5.74) is 0. The first-order chi connectivity index (χ1) is 10.3. The van der Waals surface area contributed by atoms with Crippen molar-refractivity contribution in [3.05, 3.63) is 0 Å². The predicted octanol–water partition coefficient (Wildman–Crippen LogP) is -0.855. The van der Waals surface area contributed by atoms with Crippen LogP contribution in [0.5, 0.6) is 0 Å². The Hall–Kier alpha value is -1.71. The van der Waals surface area contributed by atoms with Gasteiger partial charge in [0, 0.05) is 27.9 Å². The van der Waals surface area contributed by atoms with E-state index in [-0.39, 0.29) is 0 Å². The van der Waals surface area contributed by atoms with Crippen LogP contribution in [0.3, 0.4) is 0 Å². The summed E-state index contributed by atoms with van der Waals surface area (Å²) in [7, 11) is 1.30. The van der Waals surface area contributed by atoms with Crippen molar-refractivity contribution >= 4 is 17.9 Å². The third kappa shape index (κ3) is 4.65. The second kappa shape index (κ2) is 8.06. The number of carbonyl (C=O) groups excluding carboxylic acids is 3. The summed E-state index contributed by atoms with van der Waals surface area (Å²) >= 11 is 0. The maximum absolute atomic E-state index is 11.3. The Morgan fingerprint density at radius 3 is 1.77 bits per heavy atom. The van der Waals surface area contributed by atoms with Crippen LogP contribution in [-0.2, 0) is 38.1 Å². The van der Waals surface area contributed by atoms with Gasteiger partial charge in [0.25, 0.3) is 0 Å². The lowest BCUT2D eigenvalue weighted by atomic mass is 9.98. The predicted molar refractivity (Wildman–Crippen MR) is 69.4 cm³/mol. The van der Waals surface area contributed by atoms with Gasteiger partial charge in [0.2, 0.25) is 0 Å². The van der Waals surface area contributed by atoms with Crippen molar-refractivity contribution in [2.45, 2.75) is 51.5 Å². The lowest BCUT2D eigenvalue weighted by molar-refractivity contribution is -0.302. The van der Waals surface area contributed by atoms with Gasteiger partial charge in [-0.25, -0.2) is 0 Å². The van der Waals surface area contributed by atoms with Gasteiger partial charge in [-0.2, -0.15) is 0 Å². The van der Waals surface area contributed by atoms with Crippen molar-refractivity contribution in [1.29, 1.82) is 0 Å². The number of aliphatic hydroxyl groups is 1. The maximum atomic E-state index is 11.3. The Bertz CT molecular complexity index is 392. The molecule has 1 aliphatic heterocycles. The largest absolute Gasteiger partial charge is 0.456 e. The average Bonchev–Trinajstić information content (AvgIpc) is 2.41. The molecule has 1 fully saturated rings. The van der Waals surface area contributed by atoms with Crippen LogP contribution in [0, 0.1) is 0 Å². The first kappa shape index (κ1) is 18.3. The van der Waals surface area contributed by atoms with Crippen LogP contribution in [0.4, 0.5) is 0 Å². The molecule has 1 heterocycles. The van der Waals surface area contributed by atoms with E-state index in [2.05, 4.69) is 0 Å². The molecule has 0 saturated carbocycles. The number of esters is 3. The molecule has 0 aromatic heterocycles. The molecule has 0 amide bonds. The van der Waals surface area contributed by atoms with Gasteiger partial charge >= 0.3 is 17.9 Å². The fourth-order valence-corrected chi connectivity index (χ4v) is 2.19. The van der Waals surface area contributed by atoms with E-state index in [4.69, 9.17) is 23.7 Å². The average molecular weight is 320 g/mol. The first-order valence-electron chi connectivity index (χ1n) is 6.61. The Morgan fingerprint density at radius 2 is 1.36 bits per heavy atom. The highest BCUT2D eigenvalue weighted by atomic mass is 16.7. The van der Waals surface area contributed by atoms with Gasteiger partial charge in [-0.3, -0.25) is 14.4 Å². The summed E-state index contributed by atoms with van der Waals surface area (Å²) in [6.07, 6.45) is -5.52. The normalized spacial score (nSPS) is 31.2. The van der Waals surface area contributed by atoms with Gasteiger partial charge < -0.3 is 28.8 Å². The van der Waals surface area contributed by atoms with Crippen LogP contribution in [0.1, 0.15) is 20.8 Å². The van der Waals surface area contributed by atoms with E-state index >= 15 is 0 Å². The molecule has 9 heteroatoms. The van der Waals surface area contributed by atoms with Crippen LogP contribution in [-0.4, -0.2) is 67.4 Å². The van der Waals surface area contributed by atoms with Gasteiger partial charge in [0.1, 0.15) is 6.10 Å². The number of hydrogen-bond donors (Lipinski definition) is 1. The van der Waals surface area contributed by atoms with E-state index < -0.39 is 55.2 Å². The Labute approximate surface area is 127 Å². The Balaban J connectivity index is 3.14. The molecule has 0 aromatic carbocycles. The highest BCUT2D eigenvalue weighted by molar-refractivity contribution is 5.68. The van der Waals surface area contributed by atoms with Crippen molar-refractivity contribution < 1.29 is 43.2 Å². The molecule has 22 heavy (non-hydrogen) atoms.